The first kappa shape index (κ1) is 17.0. The van der Waals surface area contributed by atoms with Crippen LogP contribution in [0.2, 0.25) is 0 Å². The van der Waals surface area contributed by atoms with Crippen LogP contribution in [0, 0.1) is 5.82 Å². The molecule has 0 aliphatic carbocycles. The second-order valence-electron chi connectivity index (χ2n) is 5.21. The highest BCUT2D eigenvalue weighted by atomic mass is 32.2. The second-order valence-corrected chi connectivity index (χ2v) is 6.95. The predicted octanol–water partition coefficient (Wildman–Crippen LogP) is 2.69. The zero-order valence-electron chi connectivity index (χ0n) is 12.7. The number of amides is 1. The van der Waals surface area contributed by atoms with Crippen LogP contribution in [0.4, 0.5) is 10.1 Å². The standard InChI is InChI=1S/C16H17FN2O3S/c1-11(18-16(20)13-6-3-7-14(17)9-13)12-5-4-8-15(10-12)19-23(2,21)22/h3-11,19H,1-2H3,(H,18,20)/t11-/m0/s1. The van der Waals surface area contributed by atoms with Gasteiger partial charge in [-0.15, -0.1) is 0 Å². The number of hydrogen-bond donors (Lipinski definition) is 2. The molecule has 2 rings (SSSR count). The Hall–Kier alpha value is -2.41. The molecule has 2 aromatic carbocycles. The van der Waals surface area contributed by atoms with Crippen LogP contribution in [0.3, 0.4) is 0 Å². The molecule has 23 heavy (non-hydrogen) atoms. The number of nitrogens with one attached hydrogen (secondary N) is 2. The normalized spacial score (nSPS) is 12.5. The fourth-order valence-electron chi connectivity index (χ4n) is 2.08. The van der Waals surface area contributed by atoms with E-state index in [1.807, 2.05) is 0 Å². The average molecular weight is 336 g/mol. The molecular weight excluding hydrogens is 319 g/mol. The number of benzene rings is 2. The Morgan fingerprint density at radius 2 is 1.83 bits per heavy atom. The quantitative estimate of drug-likeness (QED) is 0.881. The number of hydrogen-bond acceptors (Lipinski definition) is 3. The van der Waals surface area contributed by atoms with Crippen molar-refractivity contribution in [1.29, 1.82) is 0 Å². The molecule has 0 spiro atoms. The minimum Gasteiger partial charge on any atom is -0.346 e. The molecule has 0 unspecified atom stereocenters. The van der Waals surface area contributed by atoms with E-state index < -0.39 is 21.7 Å². The Bertz CT molecular complexity index is 822. The maximum absolute atomic E-state index is 13.2. The van der Waals surface area contributed by atoms with Gasteiger partial charge < -0.3 is 5.32 Å². The lowest BCUT2D eigenvalue weighted by molar-refractivity contribution is 0.0939. The van der Waals surface area contributed by atoms with Crippen LogP contribution in [0.1, 0.15) is 28.9 Å². The monoisotopic (exact) mass is 336 g/mol. The Kier molecular flexibility index (Phi) is 5.00. The third-order valence-corrected chi connectivity index (χ3v) is 3.73. The molecule has 2 aromatic rings. The molecule has 0 aromatic heterocycles. The summed E-state index contributed by atoms with van der Waals surface area (Å²) in [6.07, 6.45) is 1.06. The third-order valence-electron chi connectivity index (χ3n) is 3.12. The van der Waals surface area contributed by atoms with Gasteiger partial charge in [-0.1, -0.05) is 18.2 Å². The number of halogens is 1. The van der Waals surface area contributed by atoms with Crippen LogP contribution in [-0.2, 0) is 10.0 Å². The largest absolute Gasteiger partial charge is 0.346 e. The first-order valence-electron chi connectivity index (χ1n) is 6.89. The van der Waals surface area contributed by atoms with E-state index in [9.17, 15) is 17.6 Å². The van der Waals surface area contributed by atoms with Crippen molar-refractivity contribution in [2.24, 2.45) is 0 Å². The number of sulfonamides is 1. The number of anilines is 1. The lowest BCUT2D eigenvalue weighted by Gasteiger charge is -2.15. The van der Waals surface area contributed by atoms with Crippen molar-refractivity contribution in [3.8, 4) is 0 Å². The summed E-state index contributed by atoms with van der Waals surface area (Å²) in [6.45, 7) is 1.76. The van der Waals surface area contributed by atoms with Crippen molar-refractivity contribution < 1.29 is 17.6 Å². The topological polar surface area (TPSA) is 75.3 Å². The van der Waals surface area contributed by atoms with Crippen LogP contribution in [0.5, 0.6) is 0 Å². The van der Waals surface area contributed by atoms with Gasteiger partial charge in [0.2, 0.25) is 10.0 Å². The Balaban J connectivity index is 2.13. The molecule has 7 heteroatoms. The van der Waals surface area contributed by atoms with Gasteiger partial charge in [-0.3, -0.25) is 9.52 Å². The third kappa shape index (κ3) is 5.07. The first-order chi connectivity index (χ1) is 10.7. The van der Waals surface area contributed by atoms with E-state index in [0.717, 1.165) is 17.9 Å². The fraction of sp³-hybridized carbons (Fsp3) is 0.188. The van der Waals surface area contributed by atoms with E-state index in [4.69, 9.17) is 0 Å². The maximum Gasteiger partial charge on any atom is 0.251 e. The average Bonchev–Trinajstić information content (AvgIpc) is 2.45. The summed E-state index contributed by atoms with van der Waals surface area (Å²) in [7, 11) is -3.37. The highest BCUT2D eigenvalue weighted by Crippen LogP contribution is 2.18. The summed E-state index contributed by atoms with van der Waals surface area (Å²) in [4.78, 5) is 12.1. The van der Waals surface area contributed by atoms with Crippen LogP contribution >= 0.6 is 0 Å². The lowest BCUT2D eigenvalue weighted by atomic mass is 10.1. The molecular formula is C16H17FN2O3S. The van der Waals surface area contributed by atoms with Gasteiger partial charge in [0.25, 0.3) is 5.91 Å². The molecule has 0 radical (unpaired) electrons. The molecule has 0 saturated carbocycles. The summed E-state index contributed by atoms with van der Waals surface area (Å²) < 4.78 is 38.1. The Morgan fingerprint density at radius 1 is 1.13 bits per heavy atom. The minimum absolute atomic E-state index is 0.224. The first-order valence-corrected chi connectivity index (χ1v) is 8.78. The maximum atomic E-state index is 13.2. The van der Waals surface area contributed by atoms with E-state index in [1.54, 1.807) is 31.2 Å². The minimum atomic E-state index is -3.37. The van der Waals surface area contributed by atoms with E-state index in [2.05, 4.69) is 10.0 Å². The van der Waals surface area contributed by atoms with E-state index >= 15 is 0 Å². The number of carbonyl (C=O) groups is 1. The van der Waals surface area contributed by atoms with Gasteiger partial charge in [0.1, 0.15) is 5.82 Å². The lowest BCUT2D eigenvalue weighted by Crippen LogP contribution is -2.26. The van der Waals surface area contributed by atoms with Crippen molar-refractivity contribution in [1.82, 2.24) is 5.32 Å². The van der Waals surface area contributed by atoms with Crippen LogP contribution in [-0.4, -0.2) is 20.6 Å². The summed E-state index contributed by atoms with van der Waals surface area (Å²) in [5.74, 6) is -0.886. The molecule has 0 aliphatic rings. The SMILES string of the molecule is C[C@H](NC(=O)c1cccc(F)c1)c1cccc(NS(C)(=O)=O)c1. The summed E-state index contributed by atoms with van der Waals surface area (Å²) in [5, 5.41) is 2.75. The number of carbonyl (C=O) groups excluding carboxylic acids is 1. The van der Waals surface area contributed by atoms with Crippen LogP contribution in [0.25, 0.3) is 0 Å². The zero-order valence-corrected chi connectivity index (χ0v) is 13.5. The smallest absolute Gasteiger partial charge is 0.251 e. The van der Waals surface area contributed by atoms with Gasteiger partial charge in [0.05, 0.1) is 12.3 Å². The van der Waals surface area contributed by atoms with Crippen LogP contribution < -0.4 is 10.0 Å². The van der Waals surface area contributed by atoms with Crippen molar-refractivity contribution in [2.45, 2.75) is 13.0 Å². The Morgan fingerprint density at radius 3 is 2.48 bits per heavy atom. The van der Waals surface area contributed by atoms with Gasteiger partial charge in [-0.2, -0.15) is 0 Å². The molecule has 0 saturated heterocycles. The molecule has 122 valence electrons. The molecule has 0 bridgehead atoms. The predicted molar refractivity (Wildman–Crippen MR) is 87.2 cm³/mol. The molecule has 1 atom stereocenters. The van der Waals surface area contributed by atoms with Gasteiger partial charge in [-0.05, 0) is 42.8 Å². The van der Waals surface area contributed by atoms with Crippen molar-refractivity contribution in [3.63, 3.8) is 0 Å². The molecule has 0 heterocycles. The van der Waals surface area contributed by atoms with Crippen molar-refractivity contribution >= 4 is 21.6 Å². The molecule has 0 fully saturated rings. The van der Waals surface area contributed by atoms with Gasteiger partial charge in [0, 0.05) is 11.3 Å². The summed E-state index contributed by atoms with van der Waals surface area (Å²) >= 11 is 0. The summed E-state index contributed by atoms with van der Waals surface area (Å²) in [5.41, 5.74) is 1.36. The van der Waals surface area contributed by atoms with Crippen LogP contribution in [0.15, 0.2) is 48.5 Å². The fourth-order valence-corrected chi connectivity index (χ4v) is 2.63. The van der Waals surface area contributed by atoms with Gasteiger partial charge in [-0.25, -0.2) is 12.8 Å². The summed E-state index contributed by atoms with van der Waals surface area (Å²) in [6, 6.07) is 11.7. The Labute approximate surface area is 134 Å². The number of rotatable bonds is 5. The van der Waals surface area contributed by atoms with E-state index in [0.29, 0.717) is 5.69 Å². The van der Waals surface area contributed by atoms with E-state index in [1.165, 1.54) is 18.2 Å². The van der Waals surface area contributed by atoms with E-state index in [-0.39, 0.29) is 11.6 Å². The molecule has 0 aliphatic heterocycles. The highest BCUT2D eigenvalue weighted by Gasteiger charge is 2.13. The molecule has 2 N–H and O–H groups in total. The second kappa shape index (κ2) is 6.78. The zero-order chi connectivity index (χ0) is 17.0. The molecule has 5 nitrogen and oxygen atoms in total. The van der Waals surface area contributed by atoms with Crippen molar-refractivity contribution in [2.75, 3.05) is 11.0 Å². The molecule has 1 amide bonds. The van der Waals surface area contributed by atoms with Gasteiger partial charge in [0.15, 0.2) is 0 Å². The van der Waals surface area contributed by atoms with Crippen molar-refractivity contribution in [3.05, 3.63) is 65.5 Å². The van der Waals surface area contributed by atoms with Gasteiger partial charge >= 0.3 is 0 Å². The highest BCUT2D eigenvalue weighted by molar-refractivity contribution is 7.92.